The molecule has 0 bridgehead atoms. The number of nitrogen functional groups attached to an aromatic ring is 1. The Morgan fingerprint density at radius 3 is 2.67 bits per heavy atom. The minimum Gasteiger partial charge on any atom is -0.398 e. The van der Waals surface area contributed by atoms with Gasteiger partial charge in [-0.05, 0) is 42.5 Å². The van der Waals surface area contributed by atoms with Crippen molar-refractivity contribution in [2.24, 2.45) is 0 Å². The number of rotatable bonds is 6. The minimum absolute atomic E-state index is 0.192. The molecule has 2 rings (SSSR count). The Morgan fingerprint density at radius 1 is 1.33 bits per heavy atom. The van der Waals surface area contributed by atoms with E-state index in [-0.39, 0.29) is 10.9 Å². The molecule has 0 radical (unpaired) electrons. The Kier molecular flexibility index (Phi) is 5.03. The van der Waals surface area contributed by atoms with Gasteiger partial charge in [0.25, 0.3) is 0 Å². The number of nitrogens with one attached hydrogen (secondary N) is 1. The van der Waals surface area contributed by atoms with Gasteiger partial charge in [-0.2, -0.15) is 0 Å². The lowest BCUT2D eigenvalue weighted by Crippen LogP contribution is -2.28. The van der Waals surface area contributed by atoms with Crippen LogP contribution in [0.25, 0.3) is 0 Å². The summed E-state index contributed by atoms with van der Waals surface area (Å²) in [6.45, 7) is 3.89. The van der Waals surface area contributed by atoms with Gasteiger partial charge in [0.15, 0.2) is 0 Å². The molecule has 3 N–H and O–H groups in total. The predicted octanol–water partition coefficient (Wildman–Crippen LogP) is 3.46. The van der Waals surface area contributed by atoms with Crippen LogP contribution >= 0.6 is 11.3 Å². The van der Waals surface area contributed by atoms with Gasteiger partial charge in [-0.1, -0.05) is 25.5 Å². The van der Waals surface area contributed by atoms with Crippen LogP contribution in [0.5, 0.6) is 0 Å². The van der Waals surface area contributed by atoms with Crippen LogP contribution in [-0.2, 0) is 10.0 Å². The van der Waals surface area contributed by atoms with Gasteiger partial charge >= 0.3 is 0 Å². The molecule has 0 fully saturated rings. The summed E-state index contributed by atoms with van der Waals surface area (Å²) in [7, 11) is -3.57. The molecule has 2 aromatic rings. The van der Waals surface area contributed by atoms with Gasteiger partial charge in [-0.15, -0.1) is 11.3 Å². The molecule has 0 aliphatic rings. The molecule has 1 unspecified atom stereocenters. The second-order valence-corrected chi connectivity index (χ2v) is 7.69. The summed E-state index contributed by atoms with van der Waals surface area (Å²) < 4.78 is 27.8. The zero-order chi connectivity index (χ0) is 15.5. The van der Waals surface area contributed by atoms with E-state index in [0.29, 0.717) is 5.69 Å². The summed E-state index contributed by atoms with van der Waals surface area (Å²) in [4.78, 5) is 1.24. The number of nitrogens with two attached hydrogens (primary N) is 1. The van der Waals surface area contributed by atoms with Gasteiger partial charge in [-0.25, -0.2) is 13.1 Å². The summed E-state index contributed by atoms with van der Waals surface area (Å²) in [6, 6.07) is 8.52. The zero-order valence-electron chi connectivity index (χ0n) is 12.2. The normalized spacial score (nSPS) is 13.2. The average molecular weight is 324 g/mol. The number of aryl methyl sites for hydroxylation is 1. The third kappa shape index (κ3) is 3.84. The van der Waals surface area contributed by atoms with Gasteiger partial charge < -0.3 is 5.73 Å². The maximum Gasteiger partial charge on any atom is 0.241 e. The molecular weight excluding hydrogens is 304 g/mol. The highest BCUT2D eigenvalue weighted by Crippen LogP contribution is 2.26. The van der Waals surface area contributed by atoms with Crippen LogP contribution < -0.4 is 10.5 Å². The summed E-state index contributed by atoms with van der Waals surface area (Å²) in [5, 5.41) is 1.95. The molecule has 114 valence electrons. The van der Waals surface area contributed by atoms with E-state index >= 15 is 0 Å². The minimum atomic E-state index is -3.57. The van der Waals surface area contributed by atoms with E-state index in [2.05, 4.69) is 4.72 Å². The third-order valence-corrected chi connectivity index (χ3v) is 5.78. The first-order valence-corrected chi connectivity index (χ1v) is 9.22. The SMILES string of the molecule is CCCC(NS(=O)(=O)c1ccc(C)c(N)c1)c1cccs1. The number of thiophene rings is 1. The third-order valence-electron chi connectivity index (χ3n) is 3.32. The van der Waals surface area contributed by atoms with E-state index in [1.54, 1.807) is 23.5 Å². The first-order valence-electron chi connectivity index (χ1n) is 6.86. The molecule has 1 aromatic carbocycles. The Bertz CT molecular complexity index is 694. The number of hydrogen-bond donors (Lipinski definition) is 2. The van der Waals surface area contributed by atoms with Crippen molar-refractivity contribution in [3.8, 4) is 0 Å². The van der Waals surface area contributed by atoms with Crippen LogP contribution in [0.1, 0.15) is 36.2 Å². The quantitative estimate of drug-likeness (QED) is 0.799. The van der Waals surface area contributed by atoms with Crippen LogP contribution in [0.3, 0.4) is 0 Å². The van der Waals surface area contributed by atoms with Crippen molar-refractivity contribution in [2.45, 2.75) is 37.6 Å². The lowest BCUT2D eigenvalue weighted by Gasteiger charge is -2.17. The number of benzene rings is 1. The maximum atomic E-state index is 12.5. The molecule has 1 atom stereocenters. The Labute approximate surface area is 130 Å². The largest absolute Gasteiger partial charge is 0.398 e. The second kappa shape index (κ2) is 6.60. The molecule has 0 spiro atoms. The molecule has 0 aliphatic heterocycles. The van der Waals surface area contributed by atoms with Gasteiger partial charge in [0.2, 0.25) is 10.0 Å². The van der Waals surface area contributed by atoms with E-state index in [4.69, 9.17) is 5.73 Å². The van der Waals surface area contributed by atoms with Crippen LogP contribution in [0.15, 0.2) is 40.6 Å². The molecule has 6 heteroatoms. The molecule has 1 aromatic heterocycles. The van der Waals surface area contributed by atoms with Crippen LogP contribution in [0.2, 0.25) is 0 Å². The van der Waals surface area contributed by atoms with Gasteiger partial charge in [0, 0.05) is 10.6 Å². The number of anilines is 1. The first-order chi connectivity index (χ1) is 9.94. The summed E-state index contributed by atoms with van der Waals surface area (Å²) in [5.74, 6) is 0. The van der Waals surface area contributed by atoms with Crippen molar-refractivity contribution < 1.29 is 8.42 Å². The zero-order valence-corrected chi connectivity index (χ0v) is 13.8. The standard InChI is InChI=1S/C15H20N2O2S2/c1-3-5-14(15-6-4-9-20-15)17-21(18,19)12-8-7-11(2)13(16)10-12/h4,6-10,14,17H,3,5,16H2,1-2H3. The topological polar surface area (TPSA) is 72.2 Å². The van der Waals surface area contributed by atoms with Gasteiger partial charge in [0.05, 0.1) is 10.9 Å². The van der Waals surface area contributed by atoms with Crippen LogP contribution in [0.4, 0.5) is 5.69 Å². The predicted molar refractivity (Wildman–Crippen MR) is 87.9 cm³/mol. The van der Waals surface area contributed by atoms with Crippen molar-refractivity contribution in [1.82, 2.24) is 4.72 Å². The molecule has 1 heterocycles. The summed E-state index contributed by atoms with van der Waals surface area (Å²) in [6.07, 6.45) is 1.67. The van der Waals surface area contributed by atoms with Crippen LogP contribution in [0, 0.1) is 6.92 Å². The number of sulfonamides is 1. The monoisotopic (exact) mass is 324 g/mol. The van der Waals surface area contributed by atoms with Crippen LogP contribution in [-0.4, -0.2) is 8.42 Å². The summed E-state index contributed by atoms with van der Waals surface area (Å²) in [5.41, 5.74) is 7.17. The Hall–Kier alpha value is -1.37. The van der Waals surface area contributed by atoms with Crippen molar-refractivity contribution in [3.63, 3.8) is 0 Å². The smallest absolute Gasteiger partial charge is 0.241 e. The molecule has 0 amide bonds. The lowest BCUT2D eigenvalue weighted by molar-refractivity contribution is 0.540. The number of hydrogen-bond acceptors (Lipinski definition) is 4. The van der Waals surface area contributed by atoms with E-state index in [1.807, 2.05) is 31.4 Å². The second-order valence-electron chi connectivity index (χ2n) is 5.00. The fraction of sp³-hybridized carbons (Fsp3) is 0.333. The molecule has 4 nitrogen and oxygen atoms in total. The fourth-order valence-electron chi connectivity index (χ4n) is 2.08. The van der Waals surface area contributed by atoms with E-state index in [9.17, 15) is 8.42 Å². The Morgan fingerprint density at radius 2 is 2.10 bits per heavy atom. The maximum absolute atomic E-state index is 12.5. The Balaban J connectivity index is 2.28. The lowest BCUT2D eigenvalue weighted by atomic mass is 10.1. The van der Waals surface area contributed by atoms with Crippen molar-refractivity contribution >= 4 is 27.0 Å². The summed E-state index contributed by atoms with van der Waals surface area (Å²) >= 11 is 1.56. The van der Waals surface area contributed by atoms with Gasteiger partial charge in [-0.3, -0.25) is 0 Å². The van der Waals surface area contributed by atoms with Crippen molar-refractivity contribution in [2.75, 3.05) is 5.73 Å². The van der Waals surface area contributed by atoms with E-state index in [0.717, 1.165) is 23.3 Å². The fourth-order valence-corrected chi connectivity index (χ4v) is 4.25. The van der Waals surface area contributed by atoms with Crippen molar-refractivity contribution in [3.05, 3.63) is 46.2 Å². The average Bonchev–Trinajstić information content (AvgIpc) is 2.95. The van der Waals surface area contributed by atoms with Gasteiger partial charge in [0.1, 0.15) is 0 Å². The molecular formula is C15H20N2O2S2. The molecule has 0 saturated heterocycles. The highest BCUT2D eigenvalue weighted by Gasteiger charge is 2.21. The van der Waals surface area contributed by atoms with Crippen molar-refractivity contribution in [1.29, 1.82) is 0 Å². The van der Waals surface area contributed by atoms with E-state index < -0.39 is 10.0 Å². The molecule has 0 aliphatic carbocycles. The molecule has 0 saturated carbocycles. The first kappa shape index (κ1) is 16.0. The highest BCUT2D eigenvalue weighted by atomic mass is 32.2. The highest BCUT2D eigenvalue weighted by molar-refractivity contribution is 7.89. The molecule has 21 heavy (non-hydrogen) atoms. The van der Waals surface area contributed by atoms with E-state index in [1.165, 1.54) is 6.07 Å².